The molecular formula is C17H16F3N3O. The number of carbonyl (C=O) groups is 1. The molecule has 1 aliphatic rings. The third kappa shape index (κ3) is 3.55. The Morgan fingerprint density at radius 2 is 1.67 bits per heavy atom. The van der Waals surface area contributed by atoms with Crippen molar-refractivity contribution in [2.45, 2.75) is 25.9 Å². The van der Waals surface area contributed by atoms with Crippen LogP contribution in [0.5, 0.6) is 0 Å². The lowest BCUT2D eigenvalue weighted by molar-refractivity contribution is -0.137. The summed E-state index contributed by atoms with van der Waals surface area (Å²) in [5, 5.41) is 0. The monoisotopic (exact) mass is 335 g/mol. The van der Waals surface area contributed by atoms with Gasteiger partial charge in [0.25, 0.3) is 0 Å². The van der Waals surface area contributed by atoms with Gasteiger partial charge in [0.1, 0.15) is 11.6 Å². The first-order valence-electron chi connectivity index (χ1n) is 7.63. The van der Waals surface area contributed by atoms with Crippen molar-refractivity contribution in [3.8, 4) is 11.4 Å². The van der Waals surface area contributed by atoms with Gasteiger partial charge in [0, 0.05) is 43.3 Å². The van der Waals surface area contributed by atoms with E-state index < -0.39 is 11.7 Å². The predicted octanol–water partition coefficient (Wildman–Crippen LogP) is 3.64. The molecule has 1 aromatic heterocycles. The fraction of sp³-hybridized carbons (Fsp3) is 0.353. The van der Waals surface area contributed by atoms with Crippen molar-refractivity contribution in [1.82, 2.24) is 9.97 Å². The molecule has 0 saturated carbocycles. The molecule has 0 radical (unpaired) electrons. The molecule has 4 nitrogen and oxygen atoms in total. The lowest BCUT2D eigenvalue weighted by Crippen LogP contribution is -2.34. The fourth-order valence-electron chi connectivity index (χ4n) is 2.64. The van der Waals surface area contributed by atoms with Gasteiger partial charge in [-0.25, -0.2) is 9.97 Å². The number of benzene rings is 1. The second kappa shape index (κ2) is 6.22. The van der Waals surface area contributed by atoms with E-state index in [1.807, 2.05) is 17.9 Å². The maximum absolute atomic E-state index is 12.7. The first-order chi connectivity index (χ1) is 11.3. The van der Waals surface area contributed by atoms with Gasteiger partial charge in [0.05, 0.1) is 5.56 Å². The Kier molecular flexibility index (Phi) is 4.26. The van der Waals surface area contributed by atoms with Crippen LogP contribution in [0.2, 0.25) is 0 Å². The molecular weight excluding hydrogens is 319 g/mol. The number of aryl methyl sites for hydroxylation is 1. The van der Waals surface area contributed by atoms with Crippen molar-refractivity contribution in [1.29, 1.82) is 0 Å². The number of hydrogen-bond donors (Lipinski definition) is 0. The number of rotatable bonds is 2. The van der Waals surface area contributed by atoms with Crippen molar-refractivity contribution in [3.05, 3.63) is 41.6 Å². The molecule has 3 rings (SSSR count). The molecule has 0 N–H and O–H groups in total. The Labute approximate surface area is 137 Å². The van der Waals surface area contributed by atoms with Gasteiger partial charge in [-0.05, 0) is 19.1 Å². The van der Waals surface area contributed by atoms with Crippen LogP contribution < -0.4 is 4.90 Å². The molecule has 1 fully saturated rings. The number of halogens is 3. The molecule has 0 amide bonds. The van der Waals surface area contributed by atoms with Crippen LogP contribution >= 0.6 is 0 Å². The maximum atomic E-state index is 12.7. The number of nitrogens with zero attached hydrogens (tertiary/aromatic N) is 3. The van der Waals surface area contributed by atoms with Crippen LogP contribution in [-0.4, -0.2) is 28.8 Å². The highest BCUT2D eigenvalue weighted by Crippen LogP contribution is 2.30. The van der Waals surface area contributed by atoms with Crippen molar-refractivity contribution in [2.24, 2.45) is 0 Å². The Bertz CT molecular complexity index is 747. The summed E-state index contributed by atoms with van der Waals surface area (Å²) in [6.07, 6.45) is -3.39. The van der Waals surface area contributed by atoms with Gasteiger partial charge >= 0.3 is 6.18 Å². The number of piperidine rings is 1. The van der Waals surface area contributed by atoms with Gasteiger partial charge in [-0.2, -0.15) is 13.2 Å². The summed E-state index contributed by atoms with van der Waals surface area (Å²) in [5.74, 6) is 1.32. The van der Waals surface area contributed by atoms with E-state index in [-0.39, 0.29) is 5.78 Å². The quantitative estimate of drug-likeness (QED) is 0.841. The summed E-state index contributed by atoms with van der Waals surface area (Å²) < 4.78 is 38.0. The first-order valence-corrected chi connectivity index (χ1v) is 7.63. The molecule has 1 aromatic carbocycles. The van der Waals surface area contributed by atoms with Crippen molar-refractivity contribution in [2.75, 3.05) is 18.0 Å². The zero-order chi connectivity index (χ0) is 17.3. The second-order valence-corrected chi connectivity index (χ2v) is 5.79. The van der Waals surface area contributed by atoms with E-state index in [4.69, 9.17) is 0 Å². The van der Waals surface area contributed by atoms with Gasteiger partial charge in [0.15, 0.2) is 5.82 Å². The number of hydrogen-bond acceptors (Lipinski definition) is 4. The highest BCUT2D eigenvalue weighted by molar-refractivity contribution is 5.80. The van der Waals surface area contributed by atoms with Gasteiger partial charge < -0.3 is 4.90 Å². The van der Waals surface area contributed by atoms with Crippen LogP contribution in [0, 0.1) is 6.92 Å². The van der Waals surface area contributed by atoms with Gasteiger partial charge in [-0.1, -0.05) is 12.1 Å². The van der Waals surface area contributed by atoms with Crippen LogP contribution in [0.4, 0.5) is 19.0 Å². The molecule has 0 spiro atoms. The average molecular weight is 335 g/mol. The maximum Gasteiger partial charge on any atom is 0.416 e. The van der Waals surface area contributed by atoms with Crippen molar-refractivity contribution < 1.29 is 18.0 Å². The Morgan fingerprint density at radius 3 is 2.25 bits per heavy atom. The van der Waals surface area contributed by atoms with Crippen LogP contribution in [-0.2, 0) is 11.0 Å². The molecule has 7 heteroatoms. The summed E-state index contributed by atoms with van der Waals surface area (Å²) in [6, 6.07) is 6.63. The predicted molar refractivity (Wildman–Crippen MR) is 83.7 cm³/mol. The normalized spacial score (nSPS) is 15.7. The highest BCUT2D eigenvalue weighted by atomic mass is 19.4. The minimum absolute atomic E-state index is 0.236. The number of ketones is 1. The zero-order valence-corrected chi connectivity index (χ0v) is 13.1. The zero-order valence-electron chi connectivity index (χ0n) is 13.1. The fourth-order valence-corrected chi connectivity index (χ4v) is 2.64. The number of anilines is 1. The molecule has 126 valence electrons. The summed E-state index contributed by atoms with van der Waals surface area (Å²) in [6.45, 7) is 3.01. The van der Waals surface area contributed by atoms with E-state index in [0.717, 1.165) is 17.8 Å². The van der Waals surface area contributed by atoms with Crippen molar-refractivity contribution in [3.63, 3.8) is 0 Å². The van der Waals surface area contributed by atoms with Gasteiger partial charge in [-0.3, -0.25) is 4.79 Å². The van der Waals surface area contributed by atoms with E-state index in [9.17, 15) is 18.0 Å². The smallest absolute Gasteiger partial charge is 0.356 e. The summed E-state index contributed by atoms with van der Waals surface area (Å²) in [7, 11) is 0. The van der Waals surface area contributed by atoms with Gasteiger partial charge in [-0.15, -0.1) is 0 Å². The molecule has 0 bridgehead atoms. The van der Waals surface area contributed by atoms with Crippen LogP contribution in [0.25, 0.3) is 11.4 Å². The standard InChI is InChI=1S/C17H16F3N3O/c1-11-10-15(23-8-6-14(24)7-9-23)22-16(21-11)12-2-4-13(5-3-12)17(18,19)20/h2-5,10H,6-9H2,1H3. The van der Waals surface area contributed by atoms with E-state index in [0.29, 0.717) is 43.1 Å². The molecule has 0 unspecified atom stereocenters. The largest absolute Gasteiger partial charge is 0.416 e. The number of carbonyl (C=O) groups excluding carboxylic acids is 1. The minimum atomic E-state index is -4.36. The highest BCUT2D eigenvalue weighted by Gasteiger charge is 2.30. The van der Waals surface area contributed by atoms with Gasteiger partial charge in [0.2, 0.25) is 0 Å². The first kappa shape index (κ1) is 16.4. The lowest BCUT2D eigenvalue weighted by Gasteiger charge is -2.27. The molecule has 0 aliphatic carbocycles. The lowest BCUT2D eigenvalue weighted by atomic mass is 10.1. The molecule has 1 aliphatic heterocycles. The van der Waals surface area contributed by atoms with E-state index in [2.05, 4.69) is 9.97 Å². The third-order valence-corrected chi connectivity index (χ3v) is 3.96. The molecule has 2 heterocycles. The average Bonchev–Trinajstić information content (AvgIpc) is 2.54. The molecule has 24 heavy (non-hydrogen) atoms. The van der Waals surface area contributed by atoms with E-state index >= 15 is 0 Å². The number of alkyl halides is 3. The SMILES string of the molecule is Cc1cc(N2CCC(=O)CC2)nc(-c2ccc(C(F)(F)F)cc2)n1. The molecule has 2 aromatic rings. The Morgan fingerprint density at radius 1 is 1.04 bits per heavy atom. The van der Waals surface area contributed by atoms with Crippen LogP contribution in [0.1, 0.15) is 24.1 Å². The summed E-state index contributed by atoms with van der Waals surface area (Å²) in [5.41, 5.74) is 0.557. The molecule has 0 atom stereocenters. The van der Waals surface area contributed by atoms with E-state index in [1.54, 1.807) is 0 Å². The Hall–Kier alpha value is -2.44. The second-order valence-electron chi connectivity index (χ2n) is 5.79. The molecule has 1 saturated heterocycles. The number of aromatic nitrogens is 2. The number of Topliss-reactive ketones (excluding diaryl/α,β-unsaturated/α-hetero) is 1. The third-order valence-electron chi connectivity index (χ3n) is 3.96. The topological polar surface area (TPSA) is 46.1 Å². The van der Waals surface area contributed by atoms with Crippen LogP contribution in [0.3, 0.4) is 0 Å². The Balaban J connectivity index is 1.90. The van der Waals surface area contributed by atoms with Crippen molar-refractivity contribution >= 4 is 11.6 Å². The summed E-state index contributed by atoms with van der Waals surface area (Å²) >= 11 is 0. The van der Waals surface area contributed by atoms with Crippen LogP contribution in [0.15, 0.2) is 30.3 Å². The van der Waals surface area contributed by atoms with E-state index in [1.165, 1.54) is 12.1 Å². The summed E-state index contributed by atoms with van der Waals surface area (Å²) in [4.78, 5) is 22.1. The minimum Gasteiger partial charge on any atom is -0.356 e.